The van der Waals surface area contributed by atoms with Crippen LogP contribution in [-0.4, -0.2) is 17.2 Å². The molecule has 2 rings (SSSR count). The summed E-state index contributed by atoms with van der Waals surface area (Å²) in [6, 6.07) is 10.5. The second-order valence-corrected chi connectivity index (χ2v) is 4.74. The molecule has 0 spiro atoms. The topological polar surface area (TPSA) is 61.7 Å². The summed E-state index contributed by atoms with van der Waals surface area (Å²) in [4.78, 5) is 11.7. The maximum atomic E-state index is 13.0. The summed E-state index contributed by atoms with van der Waals surface area (Å²) in [6.45, 7) is 0. The Kier molecular flexibility index (Phi) is 4.47. The SMILES string of the molecule is O=C(N/N=C\c1ccc(F)c(Br)c1)c1ccccc1O. The first-order chi connectivity index (χ1) is 9.58. The summed E-state index contributed by atoms with van der Waals surface area (Å²) in [5.74, 6) is -1.02. The molecule has 0 unspecified atom stereocenters. The molecule has 2 aromatic rings. The van der Waals surface area contributed by atoms with Crippen molar-refractivity contribution in [2.75, 3.05) is 0 Å². The minimum atomic E-state index is -0.527. The third-order valence-electron chi connectivity index (χ3n) is 2.47. The van der Waals surface area contributed by atoms with Crippen molar-refractivity contribution in [3.8, 4) is 5.75 Å². The number of nitrogens with zero attached hydrogens (tertiary/aromatic N) is 1. The summed E-state index contributed by atoms with van der Waals surface area (Å²) in [7, 11) is 0. The van der Waals surface area contributed by atoms with E-state index in [1.807, 2.05) is 0 Å². The van der Waals surface area contributed by atoms with Crippen LogP contribution in [0.5, 0.6) is 5.75 Å². The van der Waals surface area contributed by atoms with E-state index >= 15 is 0 Å². The molecule has 0 aliphatic heterocycles. The van der Waals surface area contributed by atoms with E-state index in [2.05, 4.69) is 26.5 Å². The lowest BCUT2D eigenvalue weighted by atomic mass is 10.2. The van der Waals surface area contributed by atoms with Gasteiger partial charge in [0.15, 0.2) is 0 Å². The van der Waals surface area contributed by atoms with Crippen molar-refractivity contribution in [3.05, 3.63) is 63.9 Å². The van der Waals surface area contributed by atoms with Gasteiger partial charge in [0.1, 0.15) is 11.6 Å². The molecule has 0 aliphatic rings. The monoisotopic (exact) mass is 336 g/mol. The largest absolute Gasteiger partial charge is 0.507 e. The van der Waals surface area contributed by atoms with Gasteiger partial charge in [-0.05, 0) is 45.8 Å². The van der Waals surface area contributed by atoms with Crippen LogP contribution in [-0.2, 0) is 0 Å². The van der Waals surface area contributed by atoms with E-state index in [4.69, 9.17) is 0 Å². The zero-order chi connectivity index (χ0) is 14.5. The van der Waals surface area contributed by atoms with Crippen molar-refractivity contribution in [1.29, 1.82) is 0 Å². The van der Waals surface area contributed by atoms with Gasteiger partial charge >= 0.3 is 0 Å². The van der Waals surface area contributed by atoms with Crippen LogP contribution in [0.4, 0.5) is 4.39 Å². The molecule has 0 aromatic heterocycles. The van der Waals surface area contributed by atoms with Crippen molar-refractivity contribution in [1.82, 2.24) is 5.43 Å². The summed E-state index contributed by atoms with van der Waals surface area (Å²) < 4.78 is 13.3. The van der Waals surface area contributed by atoms with E-state index in [1.54, 1.807) is 12.1 Å². The zero-order valence-electron chi connectivity index (χ0n) is 10.2. The average Bonchev–Trinajstić information content (AvgIpc) is 2.43. The van der Waals surface area contributed by atoms with Crippen LogP contribution in [0, 0.1) is 5.82 Å². The highest BCUT2D eigenvalue weighted by molar-refractivity contribution is 9.10. The maximum absolute atomic E-state index is 13.0. The number of aromatic hydroxyl groups is 1. The molecule has 6 heteroatoms. The number of hydrazone groups is 1. The Labute approximate surface area is 123 Å². The molecule has 0 aliphatic carbocycles. The van der Waals surface area contributed by atoms with Crippen LogP contribution in [0.3, 0.4) is 0 Å². The van der Waals surface area contributed by atoms with Crippen molar-refractivity contribution in [3.63, 3.8) is 0 Å². The highest BCUT2D eigenvalue weighted by Crippen LogP contribution is 2.16. The van der Waals surface area contributed by atoms with Gasteiger partial charge in [0.05, 0.1) is 16.3 Å². The van der Waals surface area contributed by atoms with Crippen molar-refractivity contribution >= 4 is 28.1 Å². The lowest BCUT2D eigenvalue weighted by Crippen LogP contribution is -2.17. The molecule has 0 saturated carbocycles. The van der Waals surface area contributed by atoms with Gasteiger partial charge < -0.3 is 5.11 Å². The molecular weight excluding hydrogens is 327 g/mol. The number of halogens is 2. The highest BCUT2D eigenvalue weighted by atomic mass is 79.9. The van der Waals surface area contributed by atoms with Gasteiger partial charge in [-0.3, -0.25) is 4.79 Å². The molecule has 102 valence electrons. The number of para-hydroxylation sites is 1. The Morgan fingerprint density at radius 1 is 1.30 bits per heavy atom. The predicted octanol–water partition coefficient (Wildman–Crippen LogP) is 3.06. The van der Waals surface area contributed by atoms with Crippen molar-refractivity contribution < 1.29 is 14.3 Å². The molecule has 0 saturated heterocycles. The number of phenolic OH excluding ortho intramolecular Hbond substituents is 1. The Hall–Kier alpha value is -2.21. The number of hydrogen-bond acceptors (Lipinski definition) is 3. The standard InChI is InChI=1S/C14H10BrFN2O2/c15-11-7-9(5-6-12(11)16)8-17-18-14(20)10-3-1-2-4-13(10)19/h1-8,19H,(H,18,20)/b17-8-. The van der Waals surface area contributed by atoms with Crippen LogP contribution in [0.2, 0.25) is 0 Å². The van der Waals surface area contributed by atoms with E-state index in [1.165, 1.54) is 36.5 Å². The first kappa shape index (κ1) is 14.2. The van der Waals surface area contributed by atoms with Gasteiger partial charge in [-0.15, -0.1) is 0 Å². The van der Waals surface area contributed by atoms with Gasteiger partial charge in [0.25, 0.3) is 5.91 Å². The van der Waals surface area contributed by atoms with Crippen LogP contribution in [0.1, 0.15) is 15.9 Å². The Morgan fingerprint density at radius 3 is 2.75 bits per heavy atom. The zero-order valence-corrected chi connectivity index (χ0v) is 11.8. The fourth-order valence-electron chi connectivity index (χ4n) is 1.48. The third kappa shape index (κ3) is 3.42. The first-order valence-corrected chi connectivity index (χ1v) is 6.43. The number of nitrogens with one attached hydrogen (secondary N) is 1. The Bertz CT molecular complexity index is 674. The highest BCUT2D eigenvalue weighted by Gasteiger charge is 2.08. The second kappa shape index (κ2) is 6.29. The van der Waals surface area contributed by atoms with E-state index in [0.717, 1.165) is 0 Å². The average molecular weight is 337 g/mol. The lowest BCUT2D eigenvalue weighted by molar-refractivity contribution is 0.0952. The van der Waals surface area contributed by atoms with E-state index in [9.17, 15) is 14.3 Å². The smallest absolute Gasteiger partial charge is 0.275 e. The summed E-state index contributed by atoms with van der Waals surface area (Å²) >= 11 is 3.06. The number of carbonyl (C=O) groups excluding carboxylic acids is 1. The molecule has 0 heterocycles. The van der Waals surface area contributed by atoms with Crippen molar-refractivity contribution in [2.24, 2.45) is 5.10 Å². The number of benzene rings is 2. The summed E-state index contributed by atoms with van der Waals surface area (Å²) in [5.41, 5.74) is 3.03. The fourth-order valence-corrected chi connectivity index (χ4v) is 1.88. The molecule has 0 bridgehead atoms. The van der Waals surface area contributed by atoms with E-state index < -0.39 is 5.91 Å². The minimum Gasteiger partial charge on any atom is -0.507 e. The van der Waals surface area contributed by atoms with Crippen LogP contribution in [0.25, 0.3) is 0 Å². The van der Waals surface area contributed by atoms with Gasteiger partial charge in [-0.1, -0.05) is 18.2 Å². The van der Waals surface area contributed by atoms with Crippen LogP contribution in [0.15, 0.2) is 52.0 Å². The molecule has 0 fully saturated rings. The summed E-state index contributed by atoms with van der Waals surface area (Å²) in [6.07, 6.45) is 1.38. The number of rotatable bonds is 3. The van der Waals surface area contributed by atoms with E-state index in [-0.39, 0.29) is 17.1 Å². The minimum absolute atomic E-state index is 0.121. The number of phenols is 1. The lowest BCUT2D eigenvalue weighted by Gasteiger charge is -2.02. The molecule has 20 heavy (non-hydrogen) atoms. The molecule has 1 amide bonds. The molecule has 4 nitrogen and oxygen atoms in total. The van der Waals surface area contributed by atoms with Gasteiger partial charge in [0.2, 0.25) is 0 Å². The fraction of sp³-hybridized carbons (Fsp3) is 0. The summed E-state index contributed by atoms with van der Waals surface area (Å²) in [5, 5.41) is 13.3. The number of hydrogen-bond donors (Lipinski definition) is 2. The first-order valence-electron chi connectivity index (χ1n) is 5.64. The molecular formula is C14H10BrFN2O2. The quantitative estimate of drug-likeness (QED) is 0.668. The van der Waals surface area contributed by atoms with Crippen molar-refractivity contribution in [2.45, 2.75) is 0 Å². The molecule has 2 N–H and O–H groups in total. The predicted molar refractivity (Wildman–Crippen MR) is 77.3 cm³/mol. The molecule has 0 atom stereocenters. The number of amides is 1. The van der Waals surface area contributed by atoms with Crippen LogP contribution >= 0.6 is 15.9 Å². The Balaban J connectivity index is 2.05. The van der Waals surface area contributed by atoms with Gasteiger partial charge in [-0.25, -0.2) is 9.82 Å². The second-order valence-electron chi connectivity index (χ2n) is 3.89. The van der Waals surface area contributed by atoms with E-state index in [0.29, 0.717) is 10.0 Å². The van der Waals surface area contributed by atoms with Gasteiger partial charge in [0, 0.05) is 0 Å². The normalized spacial score (nSPS) is 10.7. The van der Waals surface area contributed by atoms with Crippen LogP contribution < -0.4 is 5.43 Å². The van der Waals surface area contributed by atoms with Gasteiger partial charge in [-0.2, -0.15) is 5.10 Å². The molecule has 0 radical (unpaired) electrons. The molecule has 2 aromatic carbocycles. The maximum Gasteiger partial charge on any atom is 0.275 e. The third-order valence-corrected chi connectivity index (χ3v) is 3.08. The number of carbonyl (C=O) groups is 1. The Morgan fingerprint density at radius 2 is 2.05 bits per heavy atom.